The first-order chi connectivity index (χ1) is 4.04. The number of carbonyl (C=O) groups excluding carboxylic acids is 2. The van der Waals surface area contributed by atoms with Crippen molar-refractivity contribution in [2.75, 3.05) is 0 Å². The minimum atomic E-state index is -0.547. The zero-order valence-electron chi connectivity index (χ0n) is 6.10. The summed E-state index contributed by atoms with van der Waals surface area (Å²) in [5.41, 5.74) is 0. The second kappa shape index (κ2) is 5.44. The summed E-state index contributed by atoms with van der Waals surface area (Å²) in [6.07, 6.45) is 0. The van der Waals surface area contributed by atoms with E-state index in [-0.39, 0.29) is 23.0 Å². The normalized spacial score (nSPS) is 8.40. The molecule has 0 spiro atoms. The first kappa shape index (κ1) is 12.3. The summed E-state index contributed by atoms with van der Waals surface area (Å²) < 4.78 is 4.23. The molecule has 1 radical (unpaired) electrons. The Hall–Kier alpha value is -0.341. The van der Waals surface area contributed by atoms with E-state index in [4.69, 9.17) is 0 Å². The quantitative estimate of drug-likeness (QED) is 0.350. The van der Waals surface area contributed by atoms with Gasteiger partial charge in [0.05, 0.1) is 5.92 Å². The summed E-state index contributed by atoms with van der Waals surface area (Å²) in [7, 11) is 0. The molecule has 0 saturated carbocycles. The second-order valence-electron chi connectivity index (χ2n) is 2.07. The molecular formula is C6H10CuO3. The Bertz CT molecular complexity index is 131. The summed E-state index contributed by atoms with van der Waals surface area (Å²) in [6.45, 7) is 4.55. The van der Waals surface area contributed by atoms with E-state index < -0.39 is 11.9 Å². The van der Waals surface area contributed by atoms with Crippen LogP contribution in [0, 0.1) is 5.92 Å². The molecule has 0 aliphatic rings. The second-order valence-corrected chi connectivity index (χ2v) is 2.07. The average molecular weight is 194 g/mol. The molecule has 0 aromatic rings. The number of rotatable bonds is 1. The van der Waals surface area contributed by atoms with Gasteiger partial charge in [-0.25, -0.2) is 0 Å². The summed E-state index contributed by atoms with van der Waals surface area (Å²) in [5.74, 6) is -1.25. The van der Waals surface area contributed by atoms with Crippen molar-refractivity contribution in [3.63, 3.8) is 0 Å². The minimum Gasteiger partial charge on any atom is -0.393 e. The van der Waals surface area contributed by atoms with Gasteiger partial charge in [0.1, 0.15) is 0 Å². The van der Waals surface area contributed by atoms with E-state index in [9.17, 15) is 9.59 Å². The minimum absolute atomic E-state index is 0. The maximum Gasteiger partial charge on any atom is 0.316 e. The molecule has 0 aliphatic carbocycles. The van der Waals surface area contributed by atoms with Gasteiger partial charge in [-0.3, -0.25) is 9.59 Å². The van der Waals surface area contributed by atoms with Crippen LogP contribution < -0.4 is 0 Å². The molecule has 0 heterocycles. The van der Waals surface area contributed by atoms with Gasteiger partial charge in [0, 0.05) is 24.0 Å². The Morgan fingerprint density at radius 1 is 1.30 bits per heavy atom. The van der Waals surface area contributed by atoms with Crippen molar-refractivity contribution >= 4 is 11.9 Å². The third kappa shape index (κ3) is 5.79. The van der Waals surface area contributed by atoms with Crippen molar-refractivity contribution in [2.24, 2.45) is 5.92 Å². The number of ether oxygens (including phenoxy) is 1. The first-order valence-corrected chi connectivity index (χ1v) is 2.76. The SMILES string of the molecule is CC(=O)OC(=O)C(C)C.[Cu]. The molecule has 0 aromatic heterocycles. The number of esters is 2. The molecule has 0 aromatic carbocycles. The predicted molar refractivity (Wildman–Crippen MR) is 31.6 cm³/mol. The van der Waals surface area contributed by atoms with Crippen LogP contribution >= 0.6 is 0 Å². The van der Waals surface area contributed by atoms with Gasteiger partial charge in [0.25, 0.3) is 0 Å². The van der Waals surface area contributed by atoms with Crippen LogP contribution in [0.3, 0.4) is 0 Å². The van der Waals surface area contributed by atoms with E-state index >= 15 is 0 Å². The number of hydrogen-bond donors (Lipinski definition) is 0. The van der Waals surface area contributed by atoms with Gasteiger partial charge < -0.3 is 4.74 Å². The molecule has 0 fully saturated rings. The van der Waals surface area contributed by atoms with Gasteiger partial charge in [-0.1, -0.05) is 13.8 Å². The van der Waals surface area contributed by atoms with Crippen molar-refractivity contribution < 1.29 is 31.4 Å². The van der Waals surface area contributed by atoms with Gasteiger partial charge in [-0.2, -0.15) is 0 Å². The van der Waals surface area contributed by atoms with Crippen LogP contribution in [0.2, 0.25) is 0 Å². The standard InChI is InChI=1S/C6H10O3.Cu/c1-4(2)6(8)9-5(3)7;/h4H,1-3H3;. The summed E-state index contributed by atoms with van der Waals surface area (Å²) in [6, 6.07) is 0. The van der Waals surface area contributed by atoms with Crippen molar-refractivity contribution in [2.45, 2.75) is 20.8 Å². The predicted octanol–water partition coefficient (Wildman–Crippen LogP) is 0.730. The fourth-order valence-corrected chi connectivity index (χ4v) is 0.260. The van der Waals surface area contributed by atoms with Gasteiger partial charge >= 0.3 is 11.9 Å². The largest absolute Gasteiger partial charge is 0.393 e. The molecule has 3 nitrogen and oxygen atoms in total. The zero-order valence-corrected chi connectivity index (χ0v) is 7.05. The van der Waals surface area contributed by atoms with Crippen LogP contribution in [0.5, 0.6) is 0 Å². The molecule has 0 amide bonds. The molecule has 0 bridgehead atoms. The van der Waals surface area contributed by atoms with Crippen LogP contribution in [-0.4, -0.2) is 11.9 Å². The zero-order chi connectivity index (χ0) is 7.44. The van der Waals surface area contributed by atoms with E-state index in [1.54, 1.807) is 13.8 Å². The Morgan fingerprint density at radius 3 is 1.80 bits per heavy atom. The third-order valence-electron chi connectivity index (χ3n) is 0.716. The summed E-state index contributed by atoms with van der Waals surface area (Å²) >= 11 is 0. The maximum absolute atomic E-state index is 10.5. The van der Waals surface area contributed by atoms with E-state index in [2.05, 4.69) is 4.74 Å². The van der Waals surface area contributed by atoms with Crippen LogP contribution in [-0.2, 0) is 31.4 Å². The Balaban J connectivity index is 0. The average Bonchev–Trinajstić information content (AvgIpc) is 1.63. The fourth-order valence-electron chi connectivity index (χ4n) is 0.260. The van der Waals surface area contributed by atoms with Gasteiger partial charge in [0.2, 0.25) is 0 Å². The van der Waals surface area contributed by atoms with Crippen LogP contribution in [0.1, 0.15) is 20.8 Å². The molecule has 0 unspecified atom stereocenters. The maximum atomic E-state index is 10.5. The Morgan fingerprint density at radius 2 is 1.70 bits per heavy atom. The molecule has 0 saturated heterocycles. The summed E-state index contributed by atoms with van der Waals surface area (Å²) in [4.78, 5) is 20.6. The third-order valence-corrected chi connectivity index (χ3v) is 0.716. The number of hydrogen-bond acceptors (Lipinski definition) is 3. The summed E-state index contributed by atoms with van der Waals surface area (Å²) in [5, 5.41) is 0. The molecular weight excluding hydrogens is 184 g/mol. The van der Waals surface area contributed by atoms with E-state index in [1.165, 1.54) is 6.92 Å². The smallest absolute Gasteiger partial charge is 0.316 e. The first-order valence-electron chi connectivity index (χ1n) is 2.76. The molecule has 0 rings (SSSR count). The van der Waals surface area contributed by atoms with Crippen molar-refractivity contribution in [3.8, 4) is 0 Å². The van der Waals surface area contributed by atoms with Crippen LogP contribution in [0.15, 0.2) is 0 Å². The molecule has 0 atom stereocenters. The van der Waals surface area contributed by atoms with Crippen LogP contribution in [0.25, 0.3) is 0 Å². The van der Waals surface area contributed by atoms with Crippen molar-refractivity contribution in [1.82, 2.24) is 0 Å². The molecule has 10 heavy (non-hydrogen) atoms. The molecule has 0 aliphatic heterocycles. The van der Waals surface area contributed by atoms with Gasteiger partial charge in [-0.15, -0.1) is 0 Å². The fraction of sp³-hybridized carbons (Fsp3) is 0.667. The Labute approximate surface area is 70.6 Å². The van der Waals surface area contributed by atoms with Gasteiger partial charge in [-0.05, 0) is 0 Å². The Kier molecular flexibility index (Phi) is 6.72. The van der Waals surface area contributed by atoms with E-state index in [1.807, 2.05) is 0 Å². The molecule has 0 N–H and O–H groups in total. The van der Waals surface area contributed by atoms with Crippen molar-refractivity contribution in [1.29, 1.82) is 0 Å². The van der Waals surface area contributed by atoms with E-state index in [0.717, 1.165) is 0 Å². The van der Waals surface area contributed by atoms with Gasteiger partial charge in [0.15, 0.2) is 0 Å². The monoisotopic (exact) mass is 193 g/mol. The number of carbonyl (C=O) groups is 2. The molecule has 63 valence electrons. The molecule has 4 heteroatoms. The van der Waals surface area contributed by atoms with Crippen LogP contribution in [0.4, 0.5) is 0 Å². The van der Waals surface area contributed by atoms with E-state index in [0.29, 0.717) is 0 Å². The van der Waals surface area contributed by atoms with Crippen molar-refractivity contribution in [3.05, 3.63) is 0 Å². The topological polar surface area (TPSA) is 43.4 Å².